The van der Waals surface area contributed by atoms with Gasteiger partial charge in [-0.2, -0.15) is 4.98 Å². The SMILES string of the molecule is COc1ncccc1-c1noc(C2(S(C)(=O)=O)CCOCC2)n1. The zero-order valence-electron chi connectivity index (χ0n) is 12.9. The third-order valence-electron chi connectivity index (χ3n) is 4.03. The van der Waals surface area contributed by atoms with Crippen molar-refractivity contribution in [1.82, 2.24) is 15.1 Å². The molecule has 1 aliphatic heterocycles. The largest absolute Gasteiger partial charge is 0.480 e. The standard InChI is InChI=1S/C14H17N3O5S/c1-20-12-10(4-3-7-15-12)11-16-13(22-17-11)14(23(2,18)19)5-8-21-9-6-14/h3-4,7H,5-6,8-9H2,1-2H3. The summed E-state index contributed by atoms with van der Waals surface area (Å²) in [7, 11) is -1.96. The van der Waals surface area contributed by atoms with Crippen LogP contribution in [0, 0.1) is 0 Å². The number of hydrogen-bond acceptors (Lipinski definition) is 8. The van der Waals surface area contributed by atoms with Gasteiger partial charge in [0.25, 0.3) is 0 Å². The number of sulfone groups is 1. The van der Waals surface area contributed by atoms with Gasteiger partial charge in [0.2, 0.25) is 17.6 Å². The highest BCUT2D eigenvalue weighted by Crippen LogP contribution is 2.39. The first-order chi connectivity index (χ1) is 11.0. The number of hydrogen-bond donors (Lipinski definition) is 0. The maximum Gasteiger partial charge on any atom is 0.248 e. The monoisotopic (exact) mass is 339 g/mol. The van der Waals surface area contributed by atoms with E-state index in [-0.39, 0.29) is 24.6 Å². The lowest BCUT2D eigenvalue weighted by Crippen LogP contribution is -2.41. The molecule has 3 rings (SSSR count). The first-order valence-electron chi connectivity index (χ1n) is 7.09. The Morgan fingerprint density at radius 3 is 2.70 bits per heavy atom. The van der Waals surface area contributed by atoms with E-state index in [2.05, 4.69) is 15.1 Å². The fourth-order valence-corrected chi connectivity index (χ4v) is 3.99. The van der Waals surface area contributed by atoms with Crippen molar-refractivity contribution in [2.24, 2.45) is 0 Å². The number of rotatable bonds is 4. The average Bonchev–Trinajstić information content (AvgIpc) is 3.04. The van der Waals surface area contributed by atoms with Crippen molar-refractivity contribution in [2.45, 2.75) is 17.6 Å². The molecule has 1 fully saturated rings. The van der Waals surface area contributed by atoms with Gasteiger partial charge in [-0.15, -0.1) is 0 Å². The predicted octanol–water partition coefficient (Wildman–Crippen LogP) is 1.19. The number of ether oxygens (including phenoxy) is 2. The van der Waals surface area contributed by atoms with Crippen molar-refractivity contribution in [2.75, 3.05) is 26.6 Å². The summed E-state index contributed by atoms with van der Waals surface area (Å²) in [6.45, 7) is 0.669. The molecule has 9 heteroatoms. The highest BCUT2D eigenvalue weighted by Gasteiger charge is 2.49. The maximum absolute atomic E-state index is 12.4. The van der Waals surface area contributed by atoms with E-state index < -0.39 is 14.6 Å². The van der Waals surface area contributed by atoms with Gasteiger partial charge in [-0.1, -0.05) is 5.16 Å². The van der Waals surface area contributed by atoms with Crippen molar-refractivity contribution in [1.29, 1.82) is 0 Å². The van der Waals surface area contributed by atoms with E-state index in [0.717, 1.165) is 0 Å². The van der Waals surface area contributed by atoms with Gasteiger partial charge in [0, 0.05) is 25.7 Å². The normalized spacial score (nSPS) is 17.8. The Labute approximate surface area is 133 Å². The molecule has 0 spiro atoms. The van der Waals surface area contributed by atoms with Gasteiger partial charge in [0.05, 0.1) is 12.7 Å². The zero-order chi connectivity index (χ0) is 16.5. The first kappa shape index (κ1) is 15.9. The van der Waals surface area contributed by atoms with Crippen LogP contribution in [0.3, 0.4) is 0 Å². The fourth-order valence-electron chi connectivity index (χ4n) is 2.69. The van der Waals surface area contributed by atoms with Gasteiger partial charge in [-0.3, -0.25) is 0 Å². The fraction of sp³-hybridized carbons (Fsp3) is 0.500. The van der Waals surface area contributed by atoms with Gasteiger partial charge in [-0.25, -0.2) is 13.4 Å². The lowest BCUT2D eigenvalue weighted by Gasteiger charge is -2.31. The molecule has 0 aliphatic carbocycles. The zero-order valence-corrected chi connectivity index (χ0v) is 13.7. The van der Waals surface area contributed by atoms with Crippen molar-refractivity contribution in [3.05, 3.63) is 24.2 Å². The van der Waals surface area contributed by atoms with Gasteiger partial charge >= 0.3 is 0 Å². The Bertz CT molecular complexity index is 796. The summed E-state index contributed by atoms with van der Waals surface area (Å²) < 4.78 is 39.3. The van der Waals surface area contributed by atoms with Gasteiger partial charge < -0.3 is 14.0 Å². The number of methoxy groups -OCH3 is 1. The summed E-state index contributed by atoms with van der Waals surface area (Å²) in [6, 6.07) is 3.45. The van der Waals surface area contributed by atoms with Crippen LogP contribution in [0.5, 0.6) is 5.88 Å². The number of aromatic nitrogens is 3. The molecule has 0 atom stereocenters. The number of nitrogens with zero attached hydrogens (tertiary/aromatic N) is 3. The molecule has 0 saturated carbocycles. The second kappa shape index (κ2) is 5.89. The van der Waals surface area contributed by atoms with Crippen molar-refractivity contribution >= 4 is 9.84 Å². The molecule has 3 heterocycles. The second-order valence-corrected chi connectivity index (χ2v) is 7.69. The minimum absolute atomic E-state index is 0.0872. The lowest BCUT2D eigenvalue weighted by atomic mass is 9.99. The van der Waals surface area contributed by atoms with E-state index >= 15 is 0 Å². The van der Waals surface area contributed by atoms with Crippen molar-refractivity contribution < 1.29 is 22.4 Å². The Morgan fingerprint density at radius 1 is 1.30 bits per heavy atom. The lowest BCUT2D eigenvalue weighted by molar-refractivity contribution is 0.0651. The minimum Gasteiger partial charge on any atom is -0.480 e. The average molecular weight is 339 g/mol. The Kier molecular flexibility index (Phi) is 4.07. The van der Waals surface area contributed by atoms with E-state index in [1.165, 1.54) is 13.4 Å². The molecule has 0 amide bonds. The van der Waals surface area contributed by atoms with E-state index in [1.54, 1.807) is 18.3 Å². The van der Waals surface area contributed by atoms with Crippen molar-refractivity contribution in [3.8, 4) is 17.3 Å². The molecule has 1 saturated heterocycles. The van der Waals surface area contributed by atoms with E-state index in [9.17, 15) is 8.42 Å². The summed E-state index contributed by atoms with van der Waals surface area (Å²) in [5.41, 5.74) is 0.542. The molecule has 0 radical (unpaired) electrons. The molecular formula is C14H17N3O5S. The summed E-state index contributed by atoms with van der Waals surface area (Å²) in [5, 5.41) is 3.92. The van der Waals surface area contributed by atoms with E-state index in [0.29, 0.717) is 24.7 Å². The van der Waals surface area contributed by atoms with Crippen LogP contribution < -0.4 is 4.74 Å². The number of pyridine rings is 1. The Balaban J connectivity index is 2.06. The molecule has 0 bridgehead atoms. The van der Waals surface area contributed by atoms with Gasteiger partial charge in [0.1, 0.15) is 0 Å². The maximum atomic E-state index is 12.4. The summed E-state index contributed by atoms with van der Waals surface area (Å²) in [5.74, 6) is 0.684. The van der Waals surface area contributed by atoms with Gasteiger partial charge in [-0.05, 0) is 25.0 Å². The Morgan fingerprint density at radius 2 is 2.04 bits per heavy atom. The van der Waals surface area contributed by atoms with Gasteiger partial charge in [0.15, 0.2) is 14.6 Å². The van der Waals surface area contributed by atoms with Crippen LogP contribution in [0.4, 0.5) is 0 Å². The van der Waals surface area contributed by atoms with Crippen LogP contribution in [0.2, 0.25) is 0 Å². The molecule has 2 aromatic heterocycles. The van der Waals surface area contributed by atoms with Crippen LogP contribution >= 0.6 is 0 Å². The summed E-state index contributed by atoms with van der Waals surface area (Å²) >= 11 is 0. The third kappa shape index (κ3) is 2.70. The highest BCUT2D eigenvalue weighted by atomic mass is 32.2. The van der Waals surface area contributed by atoms with Crippen molar-refractivity contribution in [3.63, 3.8) is 0 Å². The molecule has 0 aromatic carbocycles. The topological polar surface area (TPSA) is 104 Å². The highest BCUT2D eigenvalue weighted by molar-refractivity contribution is 7.91. The van der Waals surface area contributed by atoms with Crippen LogP contribution in [0.25, 0.3) is 11.4 Å². The third-order valence-corrected chi connectivity index (χ3v) is 6.03. The molecule has 0 unspecified atom stereocenters. The molecule has 0 N–H and O–H groups in total. The van der Waals surface area contributed by atoms with E-state index in [4.69, 9.17) is 14.0 Å². The van der Waals surface area contributed by atoms with E-state index in [1.807, 2.05) is 0 Å². The molecule has 23 heavy (non-hydrogen) atoms. The van der Waals surface area contributed by atoms with Crippen LogP contribution in [-0.2, 0) is 19.3 Å². The van der Waals surface area contributed by atoms with Crippen LogP contribution in [-0.4, -0.2) is 50.1 Å². The molecule has 124 valence electrons. The smallest absolute Gasteiger partial charge is 0.248 e. The molecule has 1 aliphatic rings. The first-order valence-corrected chi connectivity index (χ1v) is 8.98. The molecular weight excluding hydrogens is 322 g/mol. The molecule has 8 nitrogen and oxygen atoms in total. The predicted molar refractivity (Wildman–Crippen MR) is 80.7 cm³/mol. The summed E-state index contributed by atoms with van der Waals surface area (Å²) in [6.07, 6.45) is 3.35. The second-order valence-electron chi connectivity index (χ2n) is 5.36. The summed E-state index contributed by atoms with van der Waals surface area (Å²) in [4.78, 5) is 8.40. The quantitative estimate of drug-likeness (QED) is 0.818. The van der Waals surface area contributed by atoms with Crippen LogP contribution in [0.1, 0.15) is 18.7 Å². The minimum atomic E-state index is -3.45. The van der Waals surface area contributed by atoms with Crippen LogP contribution in [0.15, 0.2) is 22.9 Å². The Hall–Kier alpha value is -2.00. The molecule has 2 aromatic rings.